The molecule has 4 rings (SSSR count). The van der Waals surface area contributed by atoms with E-state index in [4.69, 9.17) is 26.2 Å². The number of nitrogens with one attached hydrogen (secondary N) is 1. The van der Waals surface area contributed by atoms with Crippen molar-refractivity contribution in [1.82, 2.24) is 19.9 Å². The van der Waals surface area contributed by atoms with E-state index in [2.05, 4.69) is 51.5 Å². The predicted molar refractivity (Wildman–Crippen MR) is 232 cm³/mol. The minimum absolute atomic E-state index is 0.0357. The number of aliphatic imine (C=N–C) groups is 1. The number of nitrogens with two attached hydrogens (primary N) is 2. The third-order valence-electron chi connectivity index (χ3n) is 9.90. The van der Waals surface area contributed by atoms with Gasteiger partial charge in [-0.2, -0.15) is 23.1 Å². The zero-order valence-electron chi connectivity index (χ0n) is 36.4. The molecule has 2 aliphatic rings. The molecular formula is C44H66F3N9O2. The summed E-state index contributed by atoms with van der Waals surface area (Å²) in [5.41, 5.74) is 12.0. The zero-order chi connectivity index (χ0) is 43.4. The number of rotatable bonds is 15. The van der Waals surface area contributed by atoms with Gasteiger partial charge >= 0.3 is 12.2 Å². The summed E-state index contributed by atoms with van der Waals surface area (Å²) in [6, 6.07) is 1.26. The summed E-state index contributed by atoms with van der Waals surface area (Å²) in [4.78, 5) is 34.6. The van der Waals surface area contributed by atoms with Gasteiger partial charge in [-0.15, -0.1) is 0 Å². The van der Waals surface area contributed by atoms with Crippen LogP contribution in [0.2, 0.25) is 0 Å². The van der Waals surface area contributed by atoms with Crippen LogP contribution in [-0.4, -0.2) is 77.5 Å². The normalized spacial score (nSPS) is 16.5. The van der Waals surface area contributed by atoms with E-state index >= 15 is 0 Å². The highest BCUT2D eigenvalue weighted by atomic mass is 19.4. The highest BCUT2D eigenvalue weighted by molar-refractivity contribution is 6.48. The third-order valence-corrected chi connectivity index (χ3v) is 9.90. The fraction of sp³-hybridized carbons (Fsp3) is 0.591. The zero-order valence-corrected chi connectivity index (χ0v) is 36.4. The summed E-state index contributed by atoms with van der Waals surface area (Å²) in [5.74, 6) is 0.830. The number of pyridine rings is 1. The number of carbonyl (C=O) groups excluding carboxylic acids is 1. The van der Waals surface area contributed by atoms with Crippen molar-refractivity contribution in [2.45, 2.75) is 119 Å². The van der Waals surface area contributed by atoms with E-state index in [-0.39, 0.29) is 52.2 Å². The van der Waals surface area contributed by atoms with Gasteiger partial charge in [-0.05, 0) is 62.8 Å². The monoisotopic (exact) mass is 810 g/mol. The average molecular weight is 810 g/mol. The second-order valence-electron chi connectivity index (χ2n) is 16.5. The molecule has 320 valence electrons. The van der Waals surface area contributed by atoms with Crippen LogP contribution in [0.5, 0.6) is 6.01 Å². The lowest BCUT2D eigenvalue weighted by Gasteiger charge is -2.31. The van der Waals surface area contributed by atoms with Gasteiger partial charge in [-0.1, -0.05) is 86.1 Å². The third kappa shape index (κ3) is 12.9. The molecule has 5 N–H and O–H groups in total. The number of aromatic nitrogens is 3. The Hall–Kier alpha value is -4.75. The van der Waals surface area contributed by atoms with E-state index < -0.39 is 17.4 Å². The first-order valence-corrected chi connectivity index (χ1v) is 20.6. The average Bonchev–Trinajstić information content (AvgIpc) is 3.38. The summed E-state index contributed by atoms with van der Waals surface area (Å²) in [6.07, 6.45) is 9.13. The van der Waals surface area contributed by atoms with E-state index in [1.165, 1.54) is 30.4 Å². The molecule has 2 aromatic rings. The van der Waals surface area contributed by atoms with Gasteiger partial charge in [-0.25, -0.2) is 4.98 Å². The minimum Gasteiger partial charge on any atom is -0.463 e. The molecule has 11 nitrogen and oxygen atoms in total. The highest BCUT2D eigenvalue weighted by Crippen LogP contribution is 2.44. The Labute approximate surface area is 343 Å². The Balaban J connectivity index is 0.00000215. The Morgan fingerprint density at radius 3 is 2.33 bits per heavy atom. The predicted octanol–water partition coefficient (Wildman–Crippen LogP) is 9.55. The van der Waals surface area contributed by atoms with E-state index in [0.29, 0.717) is 54.5 Å². The number of amides is 1. The second-order valence-corrected chi connectivity index (χ2v) is 16.5. The molecule has 1 amide bonds. The molecule has 0 bridgehead atoms. The Morgan fingerprint density at radius 2 is 1.72 bits per heavy atom. The summed E-state index contributed by atoms with van der Waals surface area (Å²) in [5, 5.41) is 9.28. The Kier molecular flexibility index (Phi) is 17.5. The maximum absolute atomic E-state index is 14.6. The van der Waals surface area contributed by atoms with E-state index in [1.807, 2.05) is 4.90 Å². The maximum Gasteiger partial charge on any atom is 0.418 e. The van der Waals surface area contributed by atoms with Crippen LogP contribution in [0.1, 0.15) is 134 Å². The standard InChI is InChI=1S/C40H56F3N9O2.C4H10/c1-8-11-13-14-17-39(5,16-12-9-2)24-54-38-48-30-22-28(35-33(40(41,42)43)25(4)20-31(45)49-35)34(46)27(10-3)32(30)36(50-38)52-19-15-18-47-26(23-52)21-29(44)37(53)51(6)7;1-4(2)3/h10,20-22,46H,8-9,11-19,23-24,44H2,1-7H3,(H2,45,49);4H,1-3H3/b27-10-,29-21-,46-34?;. The van der Waals surface area contributed by atoms with Gasteiger partial charge in [-0.3, -0.25) is 15.2 Å². The molecular weight excluding hydrogens is 744 g/mol. The number of fused-ring (bicyclic) bond motifs is 1. The molecule has 0 fully saturated rings. The van der Waals surface area contributed by atoms with Crippen LogP contribution < -0.4 is 21.1 Å². The van der Waals surface area contributed by atoms with Gasteiger partial charge in [0.25, 0.3) is 5.91 Å². The van der Waals surface area contributed by atoms with Crippen molar-refractivity contribution >= 4 is 46.2 Å². The van der Waals surface area contributed by atoms with Crippen LogP contribution in [0.3, 0.4) is 0 Å². The molecule has 1 aliphatic carbocycles. The fourth-order valence-electron chi connectivity index (χ4n) is 6.98. The molecule has 1 atom stereocenters. The highest BCUT2D eigenvalue weighted by Gasteiger charge is 2.40. The number of allylic oxidation sites excluding steroid dienone is 3. The quantitative estimate of drug-likeness (QED) is 0.119. The van der Waals surface area contributed by atoms with Crippen LogP contribution in [0.4, 0.5) is 24.8 Å². The topological polar surface area (TPSA) is 160 Å². The molecule has 1 aliphatic heterocycles. The molecule has 0 spiro atoms. The fourth-order valence-corrected chi connectivity index (χ4v) is 6.98. The summed E-state index contributed by atoms with van der Waals surface area (Å²) in [6.45, 7) is 17.7. The van der Waals surface area contributed by atoms with Gasteiger partial charge < -0.3 is 26.0 Å². The molecule has 0 aromatic carbocycles. The number of hydrogen-bond donors (Lipinski definition) is 3. The molecule has 14 heteroatoms. The summed E-state index contributed by atoms with van der Waals surface area (Å²) < 4.78 is 50.2. The summed E-state index contributed by atoms with van der Waals surface area (Å²) >= 11 is 0. The van der Waals surface area contributed by atoms with E-state index in [9.17, 15) is 23.4 Å². The largest absolute Gasteiger partial charge is 0.463 e. The molecule has 3 heterocycles. The van der Waals surface area contributed by atoms with Crippen molar-refractivity contribution in [3.63, 3.8) is 0 Å². The number of carbonyl (C=O) groups is 1. The summed E-state index contributed by atoms with van der Waals surface area (Å²) in [7, 11) is 3.23. The van der Waals surface area contributed by atoms with Crippen molar-refractivity contribution < 1.29 is 22.7 Å². The number of alkyl halides is 3. The number of aryl methyl sites for hydroxylation is 1. The number of anilines is 2. The number of halogens is 3. The SMILES string of the molecule is C/C=C1\C(=N)C(c2nc(N)cc(C)c2C(F)(F)F)=Cc2nc(OCC(C)(CCCC)CCCCCC)nc(N3CCCN=C(/C=C(\N)C(=O)N(C)C)C3)c21.CC(C)C. The molecule has 2 aromatic heterocycles. The molecule has 0 saturated carbocycles. The van der Waals surface area contributed by atoms with Crippen molar-refractivity contribution in [3.8, 4) is 6.01 Å². The van der Waals surface area contributed by atoms with Crippen LogP contribution >= 0.6 is 0 Å². The van der Waals surface area contributed by atoms with Crippen molar-refractivity contribution in [2.75, 3.05) is 51.0 Å². The van der Waals surface area contributed by atoms with Crippen LogP contribution in [0, 0.1) is 23.7 Å². The number of nitrogen functional groups attached to an aromatic ring is 1. The first-order valence-electron chi connectivity index (χ1n) is 20.6. The van der Waals surface area contributed by atoms with Crippen LogP contribution in [0.15, 0.2) is 28.9 Å². The van der Waals surface area contributed by atoms with Gasteiger partial charge in [0.1, 0.15) is 11.6 Å². The lowest BCUT2D eigenvalue weighted by molar-refractivity contribution is -0.138. The number of likely N-dealkylation sites (N-methyl/N-ethyl adjacent to an activating group) is 1. The smallest absolute Gasteiger partial charge is 0.418 e. The number of unbranched alkanes of at least 4 members (excludes halogenated alkanes) is 4. The van der Waals surface area contributed by atoms with Gasteiger partial charge in [0.15, 0.2) is 0 Å². The molecule has 0 saturated heterocycles. The molecule has 0 radical (unpaired) electrons. The van der Waals surface area contributed by atoms with Crippen LogP contribution in [-0.2, 0) is 11.0 Å². The van der Waals surface area contributed by atoms with Crippen LogP contribution in [0.25, 0.3) is 17.2 Å². The maximum atomic E-state index is 14.6. The lowest BCUT2D eigenvalue weighted by atomic mass is 9.81. The van der Waals surface area contributed by atoms with Crippen molar-refractivity contribution in [1.29, 1.82) is 5.41 Å². The van der Waals surface area contributed by atoms with Gasteiger partial charge in [0.05, 0.1) is 52.8 Å². The van der Waals surface area contributed by atoms with E-state index in [1.54, 1.807) is 33.2 Å². The Bertz CT molecular complexity index is 1880. The number of ether oxygens (including phenoxy) is 1. The van der Waals surface area contributed by atoms with Gasteiger partial charge in [0.2, 0.25) is 0 Å². The second kappa shape index (κ2) is 21.3. The Morgan fingerprint density at radius 1 is 1.07 bits per heavy atom. The lowest BCUT2D eigenvalue weighted by Crippen LogP contribution is -2.33. The van der Waals surface area contributed by atoms with Gasteiger partial charge in [0, 0.05) is 43.7 Å². The van der Waals surface area contributed by atoms with Crippen molar-refractivity contribution in [3.05, 3.63) is 52.0 Å². The minimum atomic E-state index is -4.76. The number of nitrogens with zero attached hydrogens (tertiary/aromatic N) is 6. The number of hydrogen-bond acceptors (Lipinski definition) is 10. The first kappa shape index (κ1) is 47.6. The first-order chi connectivity index (χ1) is 27.3. The van der Waals surface area contributed by atoms with Crippen molar-refractivity contribution in [2.24, 2.45) is 22.1 Å². The molecule has 1 unspecified atom stereocenters. The molecule has 58 heavy (non-hydrogen) atoms. The van der Waals surface area contributed by atoms with E-state index in [0.717, 1.165) is 50.9 Å².